The number of ether oxygens (including phenoxy) is 2. The Bertz CT molecular complexity index is 567. The minimum Gasteiger partial charge on any atom is -0.493 e. The first-order valence-corrected chi connectivity index (χ1v) is 5.86. The number of nitrogens with zero attached hydrogens (tertiary/aromatic N) is 1. The average molecular weight is 246 g/mol. The zero-order valence-electron chi connectivity index (χ0n) is 11.2. The fourth-order valence-electron chi connectivity index (χ4n) is 2.01. The topological polar surface area (TPSA) is 43.4 Å². The number of pyridine rings is 1. The zero-order chi connectivity index (χ0) is 13.1. The Morgan fingerprint density at radius 1 is 1.11 bits per heavy atom. The Morgan fingerprint density at radius 2 is 1.78 bits per heavy atom. The quantitative estimate of drug-likeness (QED) is 0.898. The first-order chi connectivity index (χ1) is 8.69. The molecule has 18 heavy (non-hydrogen) atoms. The highest BCUT2D eigenvalue weighted by Crippen LogP contribution is 2.32. The van der Waals surface area contributed by atoms with Gasteiger partial charge in [0.2, 0.25) is 0 Å². The number of rotatable bonds is 4. The van der Waals surface area contributed by atoms with Crippen molar-refractivity contribution in [3.05, 3.63) is 29.5 Å². The fraction of sp³-hybridized carbons (Fsp3) is 0.357. The van der Waals surface area contributed by atoms with Gasteiger partial charge in [-0.15, -0.1) is 0 Å². The van der Waals surface area contributed by atoms with E-state index in [9.17, 15) is 0 Å². The van der Waals surface area contributed by atoms with Gasteiger partial charge in [-0.1, -0.05) is 0 Å². The first-order valence-electron chi connectivity index (χ1n) is 5.86. The standard InChI is InChI=1S/C14H18N2O2/c1-9-11(8-15-2)5-10-6-13(17-3)14(18-4)7-12(10)16-9/h5-7,15H,8H2,1-4H3. The van der Waals surface area contributed by atoms with Crippen LogP contribution in [0.5, 0.6) is 11.5 Å². The summed E-state index contributed by atoms with van der Waals surface area (Å²) in [4.78, 5) is 4.60. The number of hydrogen-bond donors (Lipinski definition) is 1. The van der Waals surface area contributed by atoms with Gasteiger partial charge < -0.3 is 14.8 Å². The molecule has 0 aliphatic heterocycles. The second-order valence-electron chi connectivity index (χ2n) is 4.16. The smallest absolute Gasteiger partial charge is 0.162 e. The van der Waals surface area contributed by atoms with Crippen molar-refractivity contribution >= 4 is 10.9 Å². The molecule has 0 aliphatic rings. The minimum atomic E-state index is 0.707. The van der Waals surface area contributed by atoms with Crippen LogP contribution in [0, 0.1) is 6.92 Å². The number of nitrogens with one attached hydrogen (secondary N) is 1. The Morgan fingerprint density at radius 3 is 2.39 bits per heavy atom. The third-order valence-electron chi connectivity index (χ3n) is 2.98. The van der Waals surface area contributed by atoms with Crippen LogP contribution >= 0.6 is 0 Å². The van der Waals surface area contributed by atoms with Crippen molar-refractivity contribution in [2.45, 2.75) is 13.5 Å². The Kier molecular flexibility index (Phi) is 3.67. The van der Waals surface area contributed by atoms with Crippen LogP contribution in [0.25, 0.3) is 10.9 Å². The lowest BCUT2D eigenvalue weighted by Crippen LogP contribution is -2.07. The van der Waals surface area contributed by atoms with Gasteiger partial charge in [-0.2, -0.15) is 0 Å². The minimum absolute atomic E-state index is 0.707. The molecule has 4 heteroatoms. The van der Waals surface area contributed by atoms with E-state index in [0.29, 0.717) is 5.75 Å². The molecule has 0 saturated carbocycles. The van der Waals surface area contributed by atoms with Crippen molar-refractivity contribution in [1.82, 2.24) is 10.3 Å². The van der Waals surface area contributed by atoms with Gasteiger partial charge in [-0.05, 0) is 31.7 Å². The lowest BCUT2D eigenvalue weighted by Gasteiger charge is -2.11. The van der Waals surface area contributed by atoms with Crippen molar-refractivity contribution in [2.75, 3.05) is 21.3 Å². The van der Waals surface area contributed by atoms with Gasteiger partial charge in [0.05, 0.1) is 19.7 Å². The summed E-state index contributed by atoms with van der Waals surface area (Å²) in [6.07, 6.45) is 0. The van der Waals surface area contributed by atoms with E-state index in [-0.39, 0.29) is 0 Å². The molecule has 96 valence electrons. The Hall–Kier alpha value is -1.81. The second kappa shape index (κ2) is 5.23. The van der Waals surface area contributed by atoms with Crippen molar-refractivity contribution in [3.8, 4) is 11.5 Å². The summed E-state index contributed by atoms with van der Waals surface area (Å²) in [7, 11) is 5.20. The van der Waals surface area contributed by atoms with Gasteiger partial charge in [0.15, 0.2) is 11.5 Å². The maximum Gasteiger partial charge on any atom is 0.162 e. The van der Waals surface area contributed by atoms with Gasteiger partial charge in [-0.3, -0.25) is 4.98 Å². The van der Waals surface area contributed by atoms with Crippen LogP contribution in [0.1, 0.15) is 11.3 Å². The van der Waals surface area contributed by atoms with E-state index < -0.39 is 0 Å². The number of hydrogen-bond acceptors (Lipinski definition) is 4. The molecule has 0 spiro atoms. The summed E-state index contributed by atoms with van der Waals surface area (Å²) in [5.41, 5.74) is 3.14. The van der Waals surface area contributed by atoms with Crippen LogP contribution in [0.4, 0.5) is 0 Å². The maximum atomic E-state index is 5.31. The molecule has 1 aromatic carbocycles. The molecular formula is C14H18N2O2. The number of aromatic nitrogens is 1. The lowest BCUT2D eigenvalue weighted by molar-refractivity contribution is 0.356. The zero-order valence-corrected chi connectivity index (χ0v) is 11.2. The van der Waals surface area contributed by atoms with E-state index in [1.165, 1.54) is 5.56 Å². The molecule has 0 bridgehead atoms. The third-order valence-corrected chi connectivity index (χ3v) is 2.98. The Labute approximate surface area is 107 Å². The lowest BCUT2D eigenvalue weighted by atomic mass is 10.1. The predicted molar refractivity (Wildman–Crippen MR) is 72.3 cm³/mol. The molecule has 0 radical (unpaired) electrons. The van der Waals surface area contributed by atoms with Crippen molar-refractivity contribution < 1.29 is 9.47 Å². The highest BCUT2D eigenvalue weighted by atomic mass is 16.5. The maximum absolute atomic E-state index is 5.31. The third kappa shape index (κ3) is 2.24. The number of aryl methyl sites for hydroxylation is 1. The molecule has 0 unspecified atom stereocenters. The van der Waals surface area contributed by atoms with E-state index >= 15 is 0 Å². The monoisotopic (exact) mass is 246 g/mol. The van der Waals surface area contributed by atoms with Crippen molar-refractivity contribution in [3.63, 3.8) is 0 Å². The molecule has 2 aromatic rings. The van der Waals surface area contributed by atoms with E-state index in [0.717, 1.165) is 28.9 Å². The number of fused-ring (bicyclic) bond motifs is 1. The van der Waals surface area contributed by atoms with Gasteiger partial charge >= 0.3 is 0 Å². The highest BCUT2D eigenvalue weighted by molar-refractivity contribution is 5.83. The molecule has 0 fully saturated rings. The summed E-state index contributed by atoms with van der Waals surface area (Å²) >= 11 is 0. The highest BCUT2D eigenvalue weighted by Gasteiger charge is 2.09. The average Bonchev–Trinajstić information content (AvgIpc) is 2.38. The van der Waals surface area contributed by atoms with Crippen LogP contribution in [0.15, 0.2) is 18.2 Å². The van der Waals surface area contributed by atoms with E-state index in [4.69, 9.17) is 9.47 Å². The summed E-state index contributed by atoms with van der Waals surface area (Å²) in [5.74, 6) is 1.43. The van der Waals surface area contributed by atoms with Crippen LogP contribution in [0.3, 0.4) is 0 Å². The predicted octanol–water partition coefficient (Wildman–Crippen LogP) is 2.28. The molecule has 1 heterocycles. The molecule has 1 N–H and O–H groups in total. The largest absolute Gasteiger partial charge is 0.493 e. The van der Waals surface area contributed by atoms with Crippen molar-refractivity contribution in [1.29, 1.82) is 0 Å². The first kappa shape index (κ1) is 12.6. The number of benzene rings is 1. The number of methoxy groups -OCH3 is 2. The summed E-state index contributed by atoms with van der Waals surface area (Å²) in [6.45, 7) is 2.83. The van der Waals surface area contributed by atoms with E-state index in [1.807, 2.05) is 26.1 Å². The van der Waals surface area contributed by atoms with E-state index in [2.05, 4.69) is 16.4 Å². The van der Waals surface area contributed by atoms with E-state index in [1.54, 1.807) is 14.2 Å². The molecule has 2 rings (SSSR count). The summed E-state index contributed by atoms with van der Waals surface area (Å²) in [5, 5.41) is 4.20. The molecular weight excluding hydrogens is 228 g/mol. The SMILES string of the molecule is CNCc1cc2cc(OC)c(OC)cc2nc1C. The normalized spacial score (nSPS) is 10.7. The van der Waals surface area contributed by atoms with Gasteiger partial charge in [0.1, 0.15) is 0 Å². The molecule has 0 amide bonds. The molecule has 4 nitrogen and oxygen atoms in total. The fourth-order valence-corrected chi connectivity index (χ4v) is 2.01. The van der Waals surface area contributed by atoms with Crippen molar-refractivity contribution in [2.24, 2.45) is 0 Å². The summed E-state index contributed by atoms with van der Waals surface area (Å²) < 4.78 is 10.6. The molecule has 0 saturated heterocycles. The Balaban J connectivity index is 2.62. The van der Waals surface area contributed by atoms with Crippen LogP contribution < -0.4 is 14.8 Å². The van der Waals surface area contributed by atoms with Crippen LogP contribution in [-0.2, 0) is 6.54 Å². The molecule has 1 aromatic heterocycles. The van der Waals surface area contributed by atoms with Gasteiger partial charge in [0, 0.05) is 23.7 Å². The van der Waals surface area contributed by atoms with Crippen LogP contribution in [0.2, 0.25) is 0 Å². The van der Waals surface area contributed by atoms with Crippen LogP contribution in [-0.4, -0.2) is 26.3 Å². The van der Waals surface area contributed by atoms with Gasteiger partial charge in [0.25, 0.3) is 0 Å². The van der Waals surface area contributed by atoms with Gasteiger partial charge in [-0.25, -0.2) is 0 Å². The summed E-state index contributed by atoms with van der Waals surface area (Å²) in [6, 6.07) is 6.00. The molecule has 0 aliphatic carbocycles. The second-order valence-corrected chi connectivity index (χ2v) is 4.16. The molecule has 0 atom stereocenters.